The highest BCUT2D eigenvalue weighted by atomic mass is 127. The maximum atomic E-state index is 13.4. The molecule has 0 bridgehead atoms. The standard InChI is InChI=1S/C33H21ClIN3O4/c1-18-13-22(17-37-31(18)35)20-9-11-21(12-10-20)28-25(16-36)32(38-27(39)15-19-5-4-6-23(34)14-19)42-30-24-7-2-3-8-26(24)41-33(40)29(28)30/h2-14,17,28H,15H2,1H3,(H,38,39). The van der Waals surface area contributed by atoms with Gasteiger partial charge in [-0.25, -0.2) is 9.78 Å². The van der Waals surface area contributed by atoms with Crippen LogP contribution in [0.4, 0.5) is 0 Å². The maximum absolute atomic E-state index is 13.4. The van der Waals surface area contributed by atoms with Crippen LogP contribution in [0.15, 0.2) is 106 Å². The van der Waals surface area contributed by atoms with Crippen molar-refractivity contribution in [3.63, 3.8) is 0 Å². The number of ether oxygens (including phenoxy) is 1. The van der Waals surface area contributed by atoms with Crippen molar-refractivity contribution in [2.45, 2.75) is 19.3 Å². The van der Waals surface area contributed by atoms with Crippen molar-refractivity contribution in [2.24, 2.45) is 0 Å². The second-order valence-electron chi connectivity index (χ2n) is 9.83. The molecule has 1 aliphatic heterocycles. The first-order valence-electron chi connectivity index (χ1n) is 13.0. The number of pyridine rings is 1. The second kappa shape index (κ2) is 11.4. The Morgan fingerprint density at radius 1 is 1.07 bits per heavy atom. The molecule has 5 aromatic rings. The van der Waals surface area contributed by atoms with E-state index in [0.29, 0.717) is 27.1 Å². The van der Waals surface area contributed by atoms with E-state index in [1.54, 1.807) is 48.5 Å². The molecular weight excluding hydrogens is 665 g/mol. The van der Waals surface area contributed by atoms with E-state index in [0.717, 1.165) is 20.4 Å². The predicted molar refractivity (Wildman–Crippen MR) is 168 cm³/mol. The number of benzene rings is 3. The zero-order valence-corrected chi connectivity index (χ0v) is 25.1. The van der Waals surface area contributed by atoms with E-state index in [-0.39, 0.29) is 29.2 Å². The first-order valence-corrected chi connectivity index (χ1v) is 14.4. The highest BCUT2D eigenvalue weighted by Gasteiger charge is 2.37. The summed E-state index contributed by atoms with van der Waals surface area (Å²) in [6, 6.07) is 25.8. The van der Waals surface area contributed by atoms with Gasteiger partial charge in [0.2, 0.25) is 11.8 Å². The Kier molecular flexibility index (Phi) is 7.54. The summed E-state index contributed by atoms with van der Waals surface area (Å²) in [5.74, 6) is -1.03. The number of hydrogen-bond acceptors (Lipinski definition) is 6. The largest absolute Gasteiger partial charge is 0.438 e. The monoisotopic (exact) mass is 685 g/mol. The van der Waals surface area contributed by atoms with Crippen LogP contribution in [-0.2, 0) is 11.2 Å². The Hall–Kier alpha value is -4.46. The number of carbonyl (C=O) groups excluding carboxylic acids is 1. The fourth-order valence-electron chi connectivity index (χ4n) is 5.06. The number of fused-ring (bicyclic) bond motifs is 3. The van der Waals surface area contributed by atoms with Crippen LogP contribution in [0.3, 0.4) is 0 Å². The van der Waals surface area contributed by atoms with E-state index >= 15 is 0 Å². The molecule has 1 aliphatic rings. The number of nitrogens with zero attached hydrogens (tertiary/aromatic N) is 2. The molecule has 0 spiro atoms. The van der Waals surface area contributed by atoms with Gasteiger partial charge < -0.3 is 9.15 Å². The normalized spacial score (nSPS) is 14.2. The van der Waals surface area contributed by atoms with Gasteiger partial charge in [0.05, 0.1) is 23.3 Å². The van der Waals surface area contributed by atoms with Gasteiger partial charge in [0.15, 0.2) is 5.75 Å². The van der Waals surface area contributed by atoms with E-state index < -0.39 is 17.5 Å². The van der Waals surface area contributed by atoms with Crippen LogP contribution >= 0.6 is 34.2 Å². The minimum atomic E-state index is -0.841. The molecular formula is C33H21ClIN3O4. The molecule has 206 valence electrons. The van der Waals surface area contributed by atoms with Crippen LogP contribution in [0.2, 0.25) is 5.02 Å². The Labute approximate surface area is 259 Å². The summed E-state index contributed by atoms with van der Waals surface area (Å²) < 4.78 is 12.7. The topological polar surface area (TPSA) is 105 Å². The van der Waals surface area contributed by atoms with Crippen LogP contribution in [0.5, 0.6) is 5.75 Å². The molecule has 1 unspecified atom stereocenters. The molecule has 3 heterocycles. The lowest BCUT2D eigenvalue weighted by Gasteiger charge is -2.28. The highest BCUT2D eigenvalue weighted by Crippen LogP contribution is 2.44. The van der Waals surface area contributed by atoms with Crippen LogP contribution in [0.1, 0.15) is 28.2 Å². The summed E-state index contributed by atoms with van der Waals surface area (Å²) in [6.07, 6.45) is 1.82. The van der Waals surface area contributed by atoms with Crippen molar-refractivity contribution in [1.82, 2.24) is 10.3 Å². The average Bonchev–Trinajstić information content (AvgIpc) is 2.98. The molecule has 0 saturated heterocycles. The van der Waals surface area contributed by atoms with Crippen molar-refractivity contribution < 1.29 is 13.9 Å². The van der Waals surface area contributed by atoms with E-state index in [2.05, 4.69) is 45.0 Å². The minimum absolute atomic E-state index is 0.0134. The number of nitrogens with one attached hydrogen (secondary N) is 1. The summed E-state index contributed by atoms with van der Waals surface area (Å²) in [6.45, 7) is 2.00. The Bertz CT molecular complexity index is 2010. The van der Waals surface area contributed by atoms with E-state index in [4.69, 9.17) is 20.8 Å². The molecule has 3 aromatic carbocycles. The lowest BCUT2D eigenvalue weighted by Crippen LogP contribution is -2.33. The van der Waals surface area contributed by atoms with Crippen LogP contribution in [0, 0.1) is 22.0 Å². The third-order valence-electron chi connectivity index (χ3n) is 7.04. The van der Waals surface area contributed by atoms with Crippen molar-refractivity contribution in [3.05, 3.63) is 138 Å². The molecule has 0 fully saturated rings. The number of carbonyl (C=O) groups is 1. The first-order chi connectivity index (χ1) is 20.3. The Balaban J connectivity index is 1.46. The number of rotatable bonds is 5. The molecule has 9 heteroatoms. The van der Waals surface area contributed by atoms with Crippen molar-refractivity contribution in [1.29, 1.82) is 5.26 Å². The highest BCUT2D eigenvalue weighted by molar-refractivity contribution is 14.1. The Morgan fingerprint density at radius 2 is 1.86 bits per heavy atom. The third-order valence-corrected chi connectivity index (χ3v) is 8.41. The zero-order valence-electron chi connectivity index (χ0n) is 22.2. The molecule has 1 amide bonds. The average molecular weight is 686 g/mol. The first kappa shape index (κ1) is 27.7. The van der Waals surface area contributed by atoms with Gasteiger partial charge in [-0.15, -0.1) is 0 Å². The lowest BCUT2D eigenvalue weighted by atomic mass is 9.83. The molecule has 6 rings (SSSR count). The van der Waals surface area contributed by atoms with Crippen molar-refractivity contribution in [3.8, 4) is 22.9 Å². The third kappa shape index (κ3) is 5.29. The van der Waals surface area contributed by atoms with Gasteiger partial charge in [0.1, 0.15) is 20.9 Å². The fraction of sp³-hybridized carbons (Fsp3) is 0.0909. The Morgan fingerprint density at radius 3 is 2.60 bits per heavy atom. The minimum Gasteiger partial charge on any atom is -0.438 e. The van der Waals surface area contributed by atoms with Gasteiger partial charge >= 0.3 is 5.63 Å². The zero-order chi connectivity index (χ0) is 29.4. The molecule has 7 nitrogen and oxygen atoms in total. The second-order valence-corrected chi connectivity index (χ2v) is 11.3. The number of aromatic nitrogens is 1. The van der Waals surface area contributed by atoms with Crippen LogP contribution in [0.25, 0.3) is 22.1 Å². The van der Waals surface area contributed by atoms with E-state index in [1.165, 1.54) is 0 Å². The number of para-hydroxylation sites is 1. The van der Waals surface area contributed by atoms with Crippen molar-refractivity contribution >= 4 is 51.1 Å². The summed E-state index contributed by atoms with van der Waals surface area (Å²) in [7, 11) is 0. The molecule has 0 aliphatic carbocycles. The van der Waals surface area contributed by atoms with E-state index in [9.17, 15) is 14.9 Å². The number of aryl methyl sites for hydroxylation is 1. The van der Waals surface area contributed by atoms with Gasteiger partial charge in [-0.2, -0.15) is 5.26 Å². The maximum Gasteiger partial charge on any atom is 0.344 e. The lowest BCUT2D eigenvalue weighted by molar-refractivity contribution is -0.120. The van der Waals surface area contributed by atoms with Gasteiger partial charge in [-0.1, -0.05) is 60.1 Å². The number of allylic oxidation sites excluding steroid dienone is 1. The summed E-state index contributed by atoms with van der Waals surface area (Å²) >= 11 is 8.29. The number of amides is 1. The van der Waals surface area contributed by atoms with Gasteiger partial charge in [0, 0.05) is 16.8 Å². The summed E-state index contributed by atoms with van der Waals surface area (Å²) in [5.41, 5.74) is 4.31. The van der Waals surface area contributed by atoms with Gasteiger partial charge in [-0.05, 0) is 82.1 Å². The smallest absolute Gasteiger partial charge is 0.344 e. The summed E-state index contributed by atoms with van der Waals surface area (Å²) in [4.78, 5) is 31.0. The molecule has 1 atom stereocenters. The molecule has 2 aromatic heterocycles. The molecule has 1 N–H and O–H groups in total. The fourth-order valence-corrected chi connectivity index (χ4v) is 5.56. The summed E-state index contributed by atoms with van der Waals surface area (Å²) in [5, 5.41) is 14.2. The molecule has 0 radical (unpaired) electrons. The number of halogens is 2. The SMILES string of the molecule is Cc1cc(-c2ccc(C3C(C#N)=C(NC(=O)Cc4cccc(Cl)c4)Oc4c3c(=O)oc3ccccc43)cc2)cnc1I. The predicted octanol–water partition coefficient (Wildman–Crippen LogP) is 7.04. The van der Waals surface area contributed by atoms with Crippen molar-refractivity contribution in [2.75, 3.05) is 0 Å². The number of hydrogen-bond donors (Lipinski definition) is 1. The van der Waals surface area contributed by atoms with E-state index in [1.807, 2.05) is 37.4 Å². The van der Waals surface area contributed by atoms with Crippen LogP contribution in [-0.4, -0.2) is 10.9 Å². The molecule has 0 saturated carbocycles. The quantitative estimate of drug-likeness (QED) is 0.121. The number of nitriles is 1. The van der Waals surface area contributed by atoms with Crippen LogP contribution < -0.4 is 15.7 Å². The molecule has 42 heavy (non-hydrogen) atoms. The van der Waals surface area contributed by atoms with Gasteiger partial charge in [0.25, 0.3) is 0 Å². The van der Waals surface area contributed by atoms with Gasteiger partial charge in [-0.3, -0.25) is 10.1 Å².